The average molecular weight is 476 g/mol. The number of piperidine rings is 1. The van der Waals surface area contributed by atoms with E-state index in [9.17, 15) is 18.0 Å². The second-order valence-corrected chi connectivity index (χ2v) is 9.20. The number of hydrogen-bond acceptors (Lipinski definition) is 5. The lowest BCUT2D eigenvalue weighted by atomic mass is 10.0. The lowest BCUT2D eigenvalue weighted by Crippen LogP contribution is -2.49. The molecule has 2 fully saturated rings. The fraction of sp³-hybridized carbons (Fsp3) is 0.520. The molecule has 184 valence electrons. The molecule has 0 saturated carbocycles. The molecule has 6 nitrogen and oxygen atoms in total. The van der Waals surface area contributed by atoms with Crippen LogP contribution >= 0.6 is 0 Å². The van der Waals surface area contributed by atoms with Gasteiger partial charge in [0.15, 0.2) is 0 Å². The molecule has 0 spiro atoms. The van der Waals surface area contributed by atoms with Gasteiger partial charge < -0.3 is 15.1 Å². The number of likely N-dealkylation sites (tertiary alicyclic amines) is 1. The first-order valence-corrected chi connectivity index (χ1v) is 11.9. The number of nitrogens with zero attached hydrogens (tertiary/aromatic N) is 4. The van der Waals surface area contributed by atoms with Crippen LogP contribution in [-0.4, -0.2) is 72.5 Å². The van der Waals surface area contributed by atoms with Gasteiger partial charge in [0.2, 0.25) is 5.91 Å². The molecular formula is C25H32F3N5O. The molecule has 1 amide bonds. The van der Waals surface area contributed by atoms with Crippen molar-refractivity contribution < 1.29 is 18.0 Å². The maximum Gasteiger partial charge on any atom is 0.417 e. The van der Waals surface area contributed by atoms with E-state index in [4.69, 9.17) is 0 Å². The SMILES string of the molecule is Cc1ccc(N2CCN(CCC(=O)N3CCCC(Nc4cncc(C(F)(F)F)c4)C3)CC2)cc1. The van der Waals surface area contributed by atoms with Gasteiger partial charge in [-0.2, -0.15) is 13.2 Å². The molecule has 1 aromatic carbocycles. The van der Waals surface area contributed by atoms with Gasteiger partial charge in [-0.15, -0.1) is 0 Å². The molecule has 0 aliphatic carbocycles. The summed E-state index contributed by atoms with van der Waals surface area (Å²) in [7, 11) is 0. The second-order valence-electron chi connectivity index (χ2n) is 9.20. The second kappa shape index (κ2) is 10.6. The Morgan fingerprint density at radius 2 is 1.82 bits per heavy atom. The molecule has 1 N–H and O–H groups in total. The topological polar surface area (TPSA) is 51.7 Å². The summed E-state index contributed by atoms with van der Waals surface area (Å²) >= 11 is 0. The van der Waals surface area contributed by atoms with Crippen molar-refractivity contribution in [3.63, 3.8) is 0 Å². The van der Waals surface area contributed by atoms with Crippen LogP contribution in [0.1, 0.15) is 30.4 Å². The van der Waals surface area contributed by atoms with Crippen LogP contribution in [0.5, 0.6) is 0 Å². The first-order valence-electron chi connectivity index (χ1n) is 11.9. The number of rotatable bonds is 6. The molecule has 1 atom stereocenters. The first kappa shape index (κ1) is 24.3. The van der Waals surface area contributed by atoms with Crippen LogP contribution in [0.2, 0.25) is 0 Å². The number of nitrogens with one attached hydrogen (secondary N) is 1. The van der Waals surface area contributed by atoms with Crippen LogP contribution in [0.3, 0.4) is 0 Å². The number of pyridine rings is 1. The molecule has 2 aliphatic rings. The number of piperazine rings is 1. The summed E-state index contributed by atoms with van der Waals surface area (Å²) in [5, 5.41) is 3.14. The molecule has 2 aliphatic heterocycles. The Kier molecular flexibility index (Phi) is 7.60. The van der Waals surface area contributed by atoms with E-state index in [2.05, 4.69) is 51.3 Å². The van der Waals surface area contributed by atoms with Gasteiger partial charge in [-0.1, -0.05) is 17.7 Å². The van der Waals surface area contributed by atoms with E-state index in [1.807, 2.05) is 4.90 Å². The van der Waals surface area contributed by atoms with Crippen LogP contribution in [0.25, 0.3) is 0 Å². The minimum Gasteiger partial charge on any atom is -0.379 e. The zero-order valence-electron chi connectivity index (χ0n) is 19.5. The Morgan fingerprint density at radius 1 is 1.09 bits per heavy atom. The minimum absolute atomic E-state index is 0.0824. The predicted molar refractivity (Wildman–Crippen MR) is 127 cm³/mol. The maximum atomic E-state index is 12.9. The third kappa shape index (κ3) is 6.40. The van der Waals surface area contributed by atoms with E-state index in [0.29, 0.717) is 25.2 Å². The zero-order chi connectivity index (χ0) is 24.1. The first-order chi connectivity index (χ1) is 16.3. The van der Waals surface area contributed by atoms with Crippen molar-refractivity contribution in [2.75, 3.05) is 56.0 Å². The largest absolute Gasteiger partial charge is 0.417 e. The van der Waals surface area contributed by atoms with Gasteiger partial charge in [-0.05, 0) is 38.0 Å². The summed E-state index contributed by atoms with van der Waals surface area (Å²) in [5.41, 5.74) is 2.05. The molecule has 9 heteroatoms. The fourth-order valence-corrected chi connectivity index (χ4v) is 4.63. The van der Waals surface area contributed by atoms with Gasteiger partial charge in [-0.25, -0.2) is 0 Å². The highest BCUT2D eigenvalue weighted by Gasteiger charge is 2.31. The summed E-state index contributed by atoms with van der Waals surface area (Å²) in [5.74, 6) is 0.106. The van der Waals surface area contributed by atoms with Gasteiger partial charge in [0.1, 0.15) is 0 Å². The van der Waals surface area contributed by atoms with Gasteiger partial charge in [0, 0.05) is 76.4 Å². The maximum absolute atomic E-state index is 12.9. The quantitative estimate of drug-likeness (QED) is 0.684. The number of aromatic nitrogens is 1. The molecule has 2 aromatic rings. The Balaban J connectivity index is 1.22. The molecule has 4 rings (SSSR count). The van der Waals surface area contributed by atoms with Crippen molar-refractivity contribution in [2.45, 2.75) is 38.4 Å². The molecule has 0 bridgehead atoms. The number of amides is 1. The van der Waals surface area contributed by atoms with E-state index < -0.39 is 11.7 Å². The van der Waals surface area contributed by atoms with E-state index >= 15 is 0 Å². The highest BCUT2D eigenvalue weighted by atomic mass is 19.4. The standard InChI is InChI=1S/C25H32F3N5O/c1-19-4-6-23(7-5-19)32-13-11-31(12-14-32)10-8-24(34)33-9-2-3-21(18-33)30-22-15-20(16-29-17-22)25(26,27)28/h4-7,15-17,21,30H,2-3,8-14,18H2,1H3. The van der Waals surface area contributed by atoms with Crippen molar-refractivity contribution in [1.29, 1.82) is 0 Å². The number of benzene rings is 1. The van der Waals surface area contributed by atoms with Crippen LogP contribution in [0.4, 0.5) is 24.5 Å². The lowest BCUT2D eigenvalue weighted by molar-refractivity contribution is -0.137. The van der Waals surface area contributed by atoms with E-state index in [1.54, 1.807) is 0 Å². The van der Waals surface area contributed by atoms with Crippen LogP contribution < -0.4 is 10.2 Å². The van der Waals surface area contributed by atoms with Crippen molar-refractivity contribution >= 4 is 17.3 Å². The monoisotopic (exact) mass is 475 g/mol. The van der Waals surface area contributed by atoms with Crippen molar-refractivity contribution in [3.8, 4) is 0 Å². The molecule has 34 heavy (non-hydrogen) atoms. The summed E-state index contributed by atoms with van der Waals surface area (Å²) in [6, 6.07) is 9.57. The van der Waals surface area contributed by atoms with Gasteiger partial charge in [0.05, 0.1) is 11.3 Å². The number of aryl methyl sites for hydroxylation is 1. The van der Waals surface area contributed by atoms with Crippen molar-refractivity contribution in [2.24, 2.45) is 0 Å². The fourth-order valence-electron chi connectivity index (χ4n) is 4.63. The average Bonchev–Trinajstić information content (AvgIpc) is 2.83. The molecular weight excluding hydrogens is 443 g/mol. The van der Waals surface area contributed by atoms with Crippen molar-refractivity contribution in [3.05, 3.63) is 53.9 Å². The predicted octanol–water partition coefficient (Wildman–Crippen LogP) is 4.02. The summed E-state index contributed by atoms with van der Waals surface area (Å²) in [4.78, 5) is 23.1. The van der Waals surface area contributed by atoms with Crippen molar-refractivity contribution in [1.82, 2.24) is 14.8 Å². The molecule has 1 unspecified atom stereocenters. The Bertz CT molecular complexity index is 958. The van der Waals surface area contributed by atoms with Crippen LogP contribution in [0.15, 0.2) is 42.7 Å². The normalized spacial score (nSPS) is 19.8. The smallest absolute Gasteiger partial charge is 0.379 e. The van der Waals surface area contributed by atoms with Crippen LogP contribution in [-0.2, 0) is 11.0 Å². The Morgan fingerprint density at radius 3 is 2.53 bits per heavy atom. The Labute approximate surface area is 198 Å². The molecule has 3 heterocycles. The zero-order valence-corrected chi connectivity index (χ0v) is 19.5. The Hall–Kier alpha value is -2.81. The third-order valence-electron chi connectivity index (χ3n) is 6.62. The number of carbonyl (C=O) groups is 1. The summed E-state index contributed by atoms with van der Waals surface area (Å²) < 4.78 is 38.8. The van der Waals surface area contributed by atoms with E-state index in [1.165, 1.54) is 17.4 Å². The lowest BCUT2D eigenvalue weighted by Gasteiger charge is -2.37. The van der Waals surface area contributed by atoms with E-state index in [-0.39, 0.29) is 11.9 Å². The molecule has 0 radical (unpaired) electrons. The van der Waals surface area contributed by atoms with Crippen LogP contribution in [0, 0.1) is 6.92 Å². The van der Waals surface area contributed by atoms with Gasteiger partial charge >= 0.3 is 6.18 Å². The number of alkyl halides is 3. The number of hydrogen-bond donors (Lipinski definition) is 1. The van der Waals surface area contributed by atoms with Gasteiger partial charge in [-0.3, -0.25) is 14.7 Å². The van der Waals surface area contributed by atoms with E-state index in [0.717, 1.165) is 57.8 Å². The number of halogens is 3. The van der Waals surface area contributed by atoms with Gasteiger partial charge in [0.25, 0.3) is 0 Å². The number of carbonyl (C=O) groups excluding carboxylic acids is 1. The summed E-state index contributed by atoms with van der Waals surface area (Å²) in [6.45, 7) is 7.74. The molecule has 1 aromatic heterocycles. The highest BCUT2D eigenvalue weighted by Crippen LogP contribution is 2.30. The minimum atomic E-state index is -4.43. The number of anilines is 2. The highest BCUT2D eigenvalue weighted by molar-refractivity contribution is 5.76. The molecule has 2 saturated heterocycles. The third-order valence-corrected chi connectivity index (χ3v) is 6.62. The summed E-state index contributed by atoms with van der Waals surface area (Å²) in [6.07, 6.45) is -0.117.